The van der Waals surface area contributed by atoms with Crippen molar-refractivity contribution in [1.82, 2.24) is 0 Å². The number of aliphatic hydroxyl groups excluding tert-OH is 1. The van der Waals surface area contributed by atoms with Gasteiger partial charge in [0.15, 0.2) is 0 Å². The van der Waals surface area contributed by atoms with E-state index in [0.717, 1.165) is 0 Å². The van der Waals surface area contributed by atoms with E-state index in [1.165, 1.54) is 6.07 Å². The highest BCUT2D eigenvalue weighted by Gasteiger charge is 2.02. The van der Waals surface area contributed by atoms with Crippen LogP contribution in [0, 0.1) is 17.7 Å². The SMILES string of the molecule is CCOCCOCc1ccc(C#CCCO)cc1F. The molecule has 0 amide bonds. The number of hydrogen-bond acceptors (Lipinski definition) is 3. The lowest BCUT2D eigenvalue weighted by molar-refractivity contribution is 0.0443. The van der Waals surface area contributed by atoms with E-state index in [2.05, 4.69) is 11.8 Å². The molecular weight excluding hydrogens is 247 g/mol. The monoisotopic (exact) mass is 266 g/mol. The zero-order chi connectivity index (χ0) is 13.9. The molecular formula is C15H19FO3. The molecule has 0 heterocycles. The van der Waals surface area contributed by atoms with Crippen LogP contribution in [0.4, 0.5) is 4.39 Å². The zero-order valence-electron chi connectivity index (χ0n) is 11.1. The third-order valence-electron chi connectivity index (χ3n) is 2.36. The van der Waals surface area contributed by atoms with Crippen molar-refractivity contribution in [2.24, 2.45) is 0 Å². The topological polar surface area (TPSA) is 38.7 Å². The molecule has 0 aliphatic rings. The smallest absolute Gasteiger partial charge is 0.129 e. The Morgan fingerprint density at radius 2 is 2.05 bits per heavy atom. The number of hydrogen-bond donors (Lipinski definition) is 1. The molecule has 19 heavy (non-hydrogen) atoms. The van der Waals surface area contributed by atoms with Crippen LogP contribution in [0.2, 0.25) is 0 Å². The largest absolute Gasteiger partial charge is 0.395 e. The van der Waals surface area contributed by atoms with Gasteiger partial charge in [-0.05, 0) is 19.1 Å². The number of halogens is 1. The van der Waals surface area contributed by atoms with Crippen molar-refractivity contribution in [3.63, 3.8) is 0 Å². The number of rotatable bonds is 7. The maximum atomic E-state index is 13.7. The van der Waals surface area contributed by atoms with Gasteiger partial charge in [0.25, 0.3) is 0 Å². The lowest BCUT2D eigenvalue weighted by Gasteiger charge is -2.06. The second-order valence-corrected chi connectivity index (χ2v) is 3.83. The molecule has 0 spiro atoms. The average molecular weight is 266 g/mol. The van der Waals surface area contributed by atoms with Gasteiger partial charge >= 0.3 is 0 Å². The predicted octanol–water partition coefficient (Wildman–Crippen LogP) is 2.11. The highest BCUT2D eigenvalue weighted by molar-refractivity contribution is 5.36. The fraction of sp³-hybridized carbons (Fsp3) is 0.467. The molecule has 0 aliphatic carbocycles. The van der Waals surface area contributed by atoms with Crippen LogP contribution in [0.15, 0.2) is 18.2 Å². The van der Waals surface area contributed by atoms with Crippen molar-refractivity contribution in [2.75, 3.05) is 26.4 Å². The fourth-order valence-corrected chi connectivity index (χ4v) is 1.41. The van der Waals surface area contributed by atoms with Crippen LogP contribution in [-0.4, -0.2) is 31.5 Å². The summed E-state index contributed by atoms with van der Waals surface area (Å²) in [6.07, 6.45) is 0.393. The van der Waals surface area contributed by atoms with Crippen LogP contribution >= 0.6 is 0 Å². The minimum Gasteiger partial charge on any atom is -0.395 e. The summed E-state index contributed by atoms with van der Waals surface area (Å²) in [6, 6.07) is 4.79. The van der Waals surface area contributed by atoms with Gasteiger partial charge in [-0.15, -0.1) is 0 Å². The van der Waals surface area contributed by atoms with Crippen LogP contribution in [0.25, 0.3) is 0 Å². The second kappa shape index (κ2) is 9.51. The minimum absolute atomic E-state index is 0.0151. The van der Waals surface area contributed by atoms with Crippen molar-refractivity contribution < 1.29 is 19.0 Å². The van der Waals surface area contributed by atoms with Crippen LogP contribution in [0.5, 0.6) is 0 Å². The first-order valence-corrected chi connectivity index (χ1v) is 6.31. The first kappa shape index (κ1) is 15.6. The van der Waals surface area contributed by atoms with Gasteiger partial charge in [0, 0.05) is 24.2 Å². The molecule has 0 aliphatic heterocycles. The normalized spacial score (nSPS) is 10.1. The van der Waals surface area contributed by atoms with E-state index in [9.17, 15) is 4.39 Å². The van der Waals surface area contributed by atoms with E-state index >= 15 is 0 Å². The Morgan fingerprint density at radius 3 is 2.74 bits per heavy atom. The summed E-state index contributed by atoms with van der Waals surface area (Å²) in [5.74, 6) is 5.21. The first-order valence-electron chi connectivity index (χ1n) is 6.31. The van der Waals surface area contributed by atoms with Crippen LogP contribution < -0.4 is 0 Å². The molecule has 0 fully saturated rings. The van der Waals surface area contributed by atoms with Gasteiger partial charge < -0.3 is 14.6 Å². The molecule has 104 valence electrons. The van der Waals surface area contributed by atoms with Crippen molar-refractivity contribution in [2.45, 2.75) is 20.0 Å². The lowest BCUT2D eigenvalue weighted by Crippen LogP contribution is -2.04. The van der Waals surface area contributed by atoms with Crippen molar-refractivity contribution in [1.29, 1.82) is 0 Å². The van der Waals surface area contributed by atoms with Gasteiger partial charge in [0.2, 0.25) is 0 Å². The standard InChI is InChI=1S/C15H19FO3/c1-2-18-9-10-19-12-14-7-6-13(11-15(14)16)5-3-4-8-17/h6-7,11,17H,2,4,8-10,12H2,1H3. The average Bonchev–Trinajstić information content (AvgIpc) is 2.41. The van der Waals surface area contributed by atoms with E-state index < -0.39 is 0 Å². The Bertz CT molecular complexity index is 435. The Balaban J connectivity index is 2.46. The second-order valence-electron chi connectivity index (χ2n) is 3.83. The van der Waals surface area contributed by atoms with Gasteiger partial charge in [-0.2, -0.15) is 0 Å². The van der Waals surface area contributed by atoms with Crippen molar-refractivity contribution in [3.05, 3.63) is 35.1 Å². The number of aliphatic hydroxyl groups is 1. The Hall–Kier alpha value is -1.41. The highest BCUT2D eigenvalue weighted by atomic mass is 19.1. The lowest BCUT2D eigenvalue weighted by atomic mass is 10.1. The van der Waals surface area contributed by atoms with E-state index in [1.54, 1.807) is 12.1 Å². The Kier molecular flexibility index (Phi) is 7.83. The molecule has 3 nitrogen and oxygen atoms in total. The van der Waals surface area contributed by atoms with Crippen LogP contribution in [0.3, 0.4) is 0 Å². The summed E-state index contributed by atoms with van der Waals surface area (Å²) in [4.78, 5) is 0. The van der Waals surface area contributed by atoms with Gasteiger partial charge in [-0.1, -0.05) is 17.9 Å². The van der Waals surface area contributed by atoms with Gasteiger partial charge in [-0.3, -0.25) is 0 Å². The summed E-state index contributed by atoms with van der Waals surface area (Å²) in [6.45, 7) is 3.77. The molecule has 1 aromatic rings. The Labute approximate surface area is 113 Å². The van der Waals surface area contributed by atoms with E-state index in [-0.39, 0.29) is 19.0 Å². The quantitative estimate of drug-likeness (QED) is 0.607. The van der Waals surface area contributed by atoms with E-state index in [1.807, 2.05) is 6.92 Å². The molecule has 1 aromatic carbocycles. The molecule has 1 N–H and O–H groups in total. The van der Waals surface area contributed by atoms with Crippen molar-refractivity contribution >= 4 is 0 Å². The molecule has 0 unspecified atom stereocenters. The maximum Gasteiger partial charge on any atom is 0.129 e. The molecule has 1 rings (SSSR count). The summed E-state index contributed by atoms with van der Waals surface area (Å²) >= 11 is 0. The van der Waals surface area contributed by atoms with Gasteiger partial charge in [0.05, 0.1) is 26.4 Å². The van der Waals surface area contributed by atoms with E-state index in [0.29, 0.717) is 37.4 Å². The van der Waals surface area contributed by atoms with Crippen LogP contribution in [0.1, 0.15) is 24.5 Å². The van der Waals surface area contributed by atoms with Gasteiger partial charge in [-0.25, -0.2) is 4.39 Å². The van der Waals surface area contributed by atoms with E-state index in [4.69, 9.17) is 14.6 Å². The molecule has 0 radical (unpaired) electrons. The molecule has 0 saturated carbocycles. The summed E-state index contributed by atoms with van der Waals surface area (Å²) in [7, 11) is 0. The summed E-state index contributed by atoms with van der Waals surface area (Å²) < 4.78 is 24.1. The first-order chi connectivity index (χ1) is 9.27. The molecule has 4 heteroatoms. The third-order valence-corrected chi connectivity index (χ3v) is 2.36. The summed E-state index contributed by atoms with van der Waals surface area (Å²) in [5.41, 5.74) is 1.10. The maximum absolute atomic E-state index is 13.7. The van der Waals surface area contributed by atoms with Gasteiger partial charge in [0.1, 0.15) is 5.82 Å². The number of benzene rings is 1. The third kappa shape index (κ3) is 6.35. The molecule has 0 saturated heterocycles. The molecule has 0 aromatic heterocycles. The minimum atomic E-state index is -0.327. The number of ether oxygens (including phenoxy) is 2. The van der Waals surface area contributed by atoms with Crippen molar-refractivity contribution in [3.8, 4) is 11.8 Å². The predicted molar refractivity (Wildman–Crippen MR) is 71.1 cm³/mol. The summed E-state index contributed by atoms with van der Waals surface area (Å²) in [5, 5.41) is 8.60. The molecule has 0 atom stereocenters. The van der Waals surface area contributed by atoms with Crippen LogP contribution in [-0.2, 0) is 16.1 Å². The molecule has 0 bridgehead atoms. The highest BCUT2D eigenvalue weighted by Crippen LogP contribution is 2.11. The zero-order valence-corrected chi connectivity index (χ0v) is 11.1. The fourth-order valence-electron chi connectivity index (χ4n) is 1.41. The Morgan fingerprint density at radius 1 is 1.26 bits per heavy atom.